The van der Waals surface area contributed by atoms with Crippen LogP contribution < -0.4 is 11.1 Å². The number of hydrogen-bond donors (Lipinski definition) is 2. The van der Waals surface area contributed by atoms with E-state index >= 15 is 0 Å². The molecule has 3 aliphatic rings. The zero-order valence-electron chi connectivity index (χ0n) is 16.2. The maximum Gasteiger partial charge on any atom is 0.224 e. The minimum Gasteiger partial charge on any atom is -0.356 e. The van der Waals surface area contributed by atoms with Gasteiger partial charge in [0.1, 0.15) is 0 Å². The molecule has 1 aliphatic heterocycles. The predicted molar refractivity (Wildman–Crippen MR) is 119 cm³/mol. The number of nitrogens with two attached hydrogens (primary N) is 1. The topological polar surface area (TPSA) is 58.4 Å². The molecule has 7 heteroatoms. The molecule has 1 aromatic rings. The average Bonchev–Trinajstić information content (AvgIpc) is 3.24. The summed E-state index contributed by atoms with van der Waals surface area (Å²) in [6.45, 7) is 3.86. The molecule has 1 heterocycles. The summed E-state index contributed by atoms with van der Waals surface area (Å²) in [5, 5.41) is 4.08. The van der Waals surface area contributed by atoms with Crippen LogP contribution in [0.3, 0.4) is 0 Å². The third kappa shape index (κ3) is 5.14. The Morgan fingerprint density at radius 2 is 1.79 bits per heavy atom. The summed E-state index contributed by atoms with van der Waals surface area (Å²) < 4.78 is 0. The van der Waals surface area contributed by atoms with Crippen molar-refractivity contribution in [3.05, 3.63) is 34.9 Å². The number of likely N-dealkylation sites (tertiary alicyclic amines) is 1. The van der Waals surface area contributed by atoms with Gasteiger partial charge in [-0.25, -0.2) is 0 Å². The van der Waals surface area contributed by atoms with E-state index in [0.717, 1.165) is 44.0 Å². The number of benzene rings is 1. The second-order valence-corrected chi connectivity index (χ2v) is 8.90. The molecule has 158 valence electrons. The van der Waals surface area contributed by atoms with Crippen molar-refractivity contribution in [2.45, 2.75) is 44.7 Å². The van der Waals surface area contributed by atoms with Crippen molar-refractivity contribution in [3.63, 3.8) is 0 Å². The summed E-state index contributed by atoms with van der Waals surface area (Å²) in [5.41, 5.74) is 7.50. The maximum absolute atomic E-state index is 12.6. The van der Waals surface area contributed by atoms with Gasteiger partial charge in [-0.15, -0.1) is 24.8 Å². The predicted octanol–water partition coefficient (Wildman–Crippen LogP) is 3.89. The first kappa shape index (κ1) is 23.8. The molecule has 0 radical (unpaired) electrons. The van der Waals surface area contributed by atoms with Crippen LogP contribution in [0, 0.1) is 23.7 Å². The molecule has 1 aromatic carbocycles. The molecule has 2 saturated carbocycles. The number of amides is 1. The summed E-state index contributed by atoms with van der Waals surface area (Å²) in [6, 6.07) is 8.17. The van der Waals surface area contributed by atoms with Gasteiger partial charge in [0.25, 0.3) is 0 Å². The second kappa shape index (κ2) is 10.5. The number of carbonyl (C=O) groups is 1. The molecule has 4 unspecified atom stereocenters. The Bertz CT molecular complexity index is 650. The van der Waals surface area contributed by atoms with Crippen molar-refractivity contribution in [3.8, 4) is 0 Å². The Balaban J connectivity index is 0.00000140. The molecule has 3 N–H and O–H groups in total. The summed E-state index contributed by atoms with van der Waals surface area (Å²) >= 11 is 6.27. The third-order valence-corrected chi connectivity index (χ3v) is 7.28. The summed E-state index contributed by atoms with van der Waals surface area (Å²) in [5.74, 6) is 1.98. The standard InChI is InChI=1S/C21H30ClN3O.2ClH/c22-18-4-2-1-3-17(18)13-25-9-7-14(8-10-25)12-24-21(26)19-15-5-6-16(11-15)20(19)23;;/h1-4,14-16,19-20H,5-13,23H2,(H,24,26);2*1H. The minimum atomic E-state index is 0. The number of carbonyl (C=O) groups excluding carboxylic acids is 1. The molecule has 4 rings (SSSR count). The fourth-order valence-electron chi connectivity index (χ4n) is 5.30. The molecule has 2 bridgehead atoms. The Kier molecular flexibility index (Phi) is 8.90. The van der Waals surface area contributed by atoms with Gasteiger partial charge >= 0.3 is 0 Å². The van der Waals surface area contributed by atoms with Crippen LogP contribution in [0.1, 0.15) is 37.7 Å². The van der Waals surface area contributed by atoms with Gasteiger partial charge in [0.15, 0.2) is 0 Å². The fraction of sp³-hybridized carbons (Fsp3) is 0.667. The van der Waals surface area contributed by atoms with Crippen LogP contribution in [0.25, 0.3) is 0 Å². The maximum atomic E-state index is 12.6. The highest BCUT2D eigenvalue weighted by atomic mass is 35.5. The average molecular weight is 449 g/mol. The lowest BCUT2D eigenvalue weighted by Gasteiger charge is -2.33. The van der Waals surface area contributed by atoms with E-state index in [1.807, 2.05) is 18.2 Å². The number of nitrogens with one attached hydrogen (secondary N) is 1. The molecule has 2 aliphatic carbocycles. The van der Waals surface area contributed by atoms with E-state index in [1.165, 1.54) is 24.8 Å². The van der Waals surface area contributed by atoms with Gasteiger partial charge in [-0.1, -0.05) is 29.8 Å². The Morgan fingerprint density at radius 1 is 1.11 bits per heavy atom. The SMILES string of the molecule is Cl.Cl.NC1C2CCC(C2)C1C(=O)NCC1CCN(Cc2ccccc2Cl)CC1. The normalized spacial score (nSPS) is 29.8. The summed E-state index contributed by atoms with van der Waals surface area (Å²) in [6.07, 6.45) is 5.84. The van der Waals surface area contributed by atoms with E-state index in [-0.39, 0.29) is 42.7 Å². The number of nitrogens with zero attached hydrogens (tertiary/aromatic N) is 1. The fourth-order valence-corrected chi connectivity index (χ4v) is 5.50. The lowest BCUT2D eigenvalue weighted by Crippen LogP contribution is -2.47. The zero-order valence-corrected chi connectivity index (χ0v) is 18.6. The van der Waals surface area contributed by atoms with Gasteiger partial charge < -0.3 is 11.1 Å². The number of fused-ring (bicyclic) bond motifs is 2. The zero-order chi connectivity index (χ0) is 18.1. The van der Waals surface area contributed by atoms with Crippen LogP contribution in [-0.2, 0) is 11.3 Å². The number of rotatable bonds is 5. The molecule has 0 aromatic heterocycles. The van der Waals surface area contributed by atoms with E-state index < -0.39 is 0 Å². The first-order valence-electron chi connectivity index (χ1n) is 10.1. The Morgan fingerprint density at radius 3 is 2.43 bits per heavy atom. The van der Waals surface area contributed by atoms with Gasteiger partial charge in [0.2, 0.25) is 5.91 Å². The second-order valence-electron chi connectivity index (χ2n) is 8.49. The summed E-state index contributed by atoms with van der Waals surface area (Å²) in [4.78, 5) is 15.1. The molecule has 4 atom stereocenters. The van der Waals surface area contributed by atoms with Gasteiger partial charge in [-0.05, 0) is 74.6 Å². The van der Waals surface area contributed by atoms with E-state index in [4.69, 9.17) is 17.3 Å². The number of piperidine rings is 1. The first-order valence-corrected chi connectivity index (χ1v) is 10.5. The van der Waals surface area contributed by atoms with Crippen LogP contribution in [0.4, 0.5) is 0 Å². The Labute approximate surface area is 185 Å². The lowest BCUT2D eigenvalue weighted by atomic mass is 9.84. The first-order chi connectivity index (χ1) is 12.6. The molecule has 1 saturated heterocycles. The highest BCUT2D eigenvalue weighted by molar-refractivity contribution is 6.31. The van der Waals surface area contributed by atoms with Crippen molar-refractivity contribution in [2.75, 3.05) is 19.6 Å². The molecule has 28 heavy (non-hydrogen) atoms. The van der Waals surface area contributed by atoms with E-state index in [2.05, 4.69) is 16.3 Å². The van der Waals surface area contributed by atoms with Gasteiger partial charge in [0, 0.05) is 24.2 Å². The molecule has 0 spiro atoms. The van der Waals surface area contributed by atoms with Crippen molar-refractivity contribution < 1.29 is 4.79 Å². The number of halogens is 3. The van der Waals surface area contributed by atoms with Crippen LogP contribution in [0.2, 0.25) is 5.02 Å². The highest BCUT2D eigenvalue weighted by Gasteiger charge is 2.49. The van der Waals surface area contributed by atoms with Crippen LogP contribution >= 0.6 is 36.4 Å². The number of hydrogen-bond acceptors (Lipinski definition) is 3. The van der Waals surface area contributed by atoms with Crippen molar-refractivity contribution in [1.82, 2.24) is 10.2 Å². The molecule has 1 amide bonds. The van der Waals surface area contributed by atoms with Crippen LogP contribution in [-0.4, -0.2) is 36.5 Å². The van der Waals surface area contributed by atoms with Crippen LogP contribution in [0.5, 0.6) is 0 Å². The molecular formula is C21H32Cl3N3O. The molecular weight excluding hydrogens is 417 g/mol. The third-order valence-electron chi connectivity index (χ3n) is 6.91. The van der Waals surface area contributed by atoms with Crippen molar-refractivity contribution in [1.29, 1.82) is 0 Å². The van der Waals surface area contributed by atoms with Gasteiger partial charge in [-0.2, -0.15) is 0 Å². The molecule has 4 nitrogen and oxygen atoms in total. The quantitative estimate of drug-likeness (QED) is 0.718. The van der Waals surface area contributed by atoms with Crippen LogP contribution in [0.15, 0.2) is 24.3 Å². The summed E-state index contributed by atoms with van der Waals surface area (Å²) in [7, 11) is 0. The minimum absolute atomic E-state index is 0. The van der Waals surface area contributed by atoms with Gasteiger partial charge in [-0.3, -0.25) is 9.69 Å². The molecule has 3 fully saturated rings. The van der Waals surface area contributed by atoms with Gasteiger partial charge in [0.05, 0.1) is 5.92 Å². The Hall–Kier alpha value is -0.520. The monoisotopic (exact) mass is 447 g/mol. The highest BCUT2D eigenvalue weighted by Crippen LogP contribution is 2.47. The van der Waals surface area contributed by atoms with Crippen molar-refractivity contribution >= 4 is 42.3 Å². The van der Waals surface area contributed by atoms with E-state index in [9.17, 15) is 4.79 Å². The van der Waals surface area contributed by atoms with Crippen molar-refractivity contribution in [2.24, 2.45) is 29.4 Å². The largest absolute Gasteiger partial charge is 0.356 e. The van der Waals surface area contributed by atoms with E-state index in [0.29, 0.717) is 17.8 Å². The van der Waals surface area contributed by atoms with E-state index in [1.54, 1.807) is 0 Å². The lowest BCUT2D eigenvalue weighted by molar-refractivity contribution is -0.127. The smallest absolute Gasteiger partial charge is 0.224 e.